The smallest absolute Gasteiger partial charge is 0.0249 e. The lowest BCUT2D eigenvalue weighted by Gasteiger charge is -2.45. The van der Waals surface area contributed by atoms with Gasteiger partial charge in [0.15, 0.2) is 0 Å². The van der Waals surface area contributed by atoms with E-state index in [4.69, 9.17) is 5.73 Å². The van der Waals surface area contributed by atoms with Crippen LogP contribution in [0, 0.1) is 11.3 Å². The van der Waals surface area contributed by atoms with E-state index in [1.807, 2.05) is 0 Å². The number of nitrogens with zero attached hydrogens (tertiary/aromatic N) is 1. The molecule has 0 aromatic rings. The van der Waals surface area contributed by atoms with Gasteiger partial charge in [-0.05, 0) is 50.5 Å². The molecule has 16 heavy (non-hydrogen) atoms. The summed E-state index contributed by atoms with van der Waals surface area (Å²) in [5.41, 5.74) is 6.79. The Morgan fingerprint density at radius 3 is 2.50 bits per heavy atom. The maximum absolute atomic E-state index is 6.29. The Labute approximate surface area is 101 Å². The zero-order chi connectivity index (χ0) is 11.8. The molecule has 94 valence electrons. The molecule has 2 saturated carbocycles. The monoisotopic (exact) mass is 224 g/mol. The van der Waals surface area contributed by atoms with Gasteiger partial charge in [0.25, 0.3) is 0 Å². The Kier molecular flexibility index (Phi) is 3.60. The molecule has 0 aromatic heterocycles. The van der Waals surface area contributed by atoms with Crippen molar-refractivity contribution in [2.75, 3.05) is 13.6 Å². The molecule has 2 aliphatic carbocycles. The van der Waals surface area contributed by atoms with E-state index in [1.54, 1.807) is 0 Å². The molecule has 2 fully saturated rings. The lowest BCUT2D eigenvalue weighted by Crippen LogP contribution is -2.52. The highest BCUT2D eigenvalue weighted by Gasteiger charge is 2.36. The third kappa shape index (κ3) is 2.78. The van der Waals surface area contributed by atoms with E-state index >= 15 is 0 Å². The third-order valence-corrected chi connectivity index (χ3v) is 4.75. The van der Waals surface area contributed by atoms with Gasteiger partial charge in [-0.2, -0.15) is 0 Å². The Bertz CT molecular complexity index is 233. The van der Waals surface area contributed by atoms with Crippen LogP contribution in [0.1, 0.15) is 52.4 Å². The van der Waals surface area contributed by atoms with Gasteiger partial charge in [0.1, 0.15) is 0 Å². The standard InChI is InChI=1S/C14H28N2/c1-14(2)8-7-12(15)13(9-14)16(3)10-11-5-4-6-11/h11-13H,4-10,15H2,1-3H3. The Balaban J connectivity index is 1.89. The molecule has 2 nitrogen and oxygen atoms in total. The van der Waals surface area contributed by atoms with Crippen LogP contribution < -0.4 is 5.73 Å². The minimum absolute atomic E-state index is 0.401. The van der Waals surface area contributed by atoms with Gasteiger partial charge < -0.3 is 10.6 Å². The molecule has 0 saturated heterocycles. The fourth-order valence-corrected chi connectivity index (χ4v) is 3.27. The van der Waals surface area contributed by atoms with Crippen LogP contribution in [0.3, 0.4) is 0 Å². The van der Waals surface area contributed by atoms with Crippen molar-refractivity contribution in [3.8, 4) is 0 Å². The van der Waals surface area contributed by atoms with Gasteiger partial charge in [-0.1, -0.05) is 20.3 Å². The van der Waals surface area contributed by atoms with E-state index in [1.165, 1.54) is 45.1 Å². The van der Waals surface area contributed by atoms with Crippen molar-refractivity contribution in [3.05, 3.63) is 0 Å². The lowest BCUT2D eigenvalue weighted by molar-refractivity contribution is 0.0733. The first kappa shape index (κ1) is 12.4. The molecule has 2 atom stereocenters. The number of nitrogens with two attached hydrogens (primary N) is 1. The van der Waals surface area contributed by atoms with Crippen molar-refractivity contribution in [1.82, 2.24) is 4.90 Å². The quantitative estimate of drug-likeness (QED) is 0.798. The average molecular weight is 224 g/mol. The molecule has 2 aliphatic rings. The van der Waals surface area contributed by atoms with E-state index in [9.17, 15) is 0 Å². The van der Waals surface area contributed by atoms with Crippen LogP contribution in [-0.2, 0) is 0 Å². The molecule has 2 rings (SSSR count). The molecule has 2 N–H and O–H groups in total. The highest BCUT2D eigenvalue weighted by molar-refractivity contribution is 4.92. The van der Waals surface area contributed by atoms with E-state index in [-0.39, 0.29) is 0 Å². The summed E-state index contributed by atoms with van der Waals surface area (Å²) in [5.74, 6) is 0.960. The molecule has 2 unspecified atom stereocenters. The van der Waals surface area contributed by atoms with Gasteiger partial charge in [-0.25, -0.2) is 0 Å². The fourth-order valence-electron chi connectivity index (χ4n) is 3.27. The summed E-state index contributed by atoms with van der Waals surface area (Å²) >= 11 is 0. The van der Waals surface area contributed by atoms with Crippen LogP contribution in [0.15, 0.2) is 0 Å². The molecule has 0 heterocycles. The van der Waals surface area contributed by atoms with Crippen molar-refractivity contribution in [1.29, 1.82) is 0 Å². The molecule has 0 spiro atoms. The third-order valence-electron chi connectivity index (χ3n) is 4.75. The molecule has 0 aromatic carbocycles. The second-order valence-electron chi connectivity index (χ2n) is 6.87. The number of likely N-dealkylation sites (N-methyl/N-ethyl adjacent to an activating group) is 1. The molecule has 0 bridgehead atoms. The first-order valence-corrected chi connectivity index (χ1v) is 6.94. The largest absolute Gasteiger partial charge is 0.326 e. The second kappa shape index (κ2) is 4.66. The molecular weight excluding hydrogens is 196 g/mol. The van der Waals surface area contributed by atoms with Crippen molar-refractivity contribution < 1.29 is 0 Å². The summed E-state index contributed by atoms with van der Waals surface area (Å²) in [6, 6.07) is 1.02. The van der Waals surface area contributed by atoms with Gasteiger partial charge in [0.2, 0.25) is 0 Å². The zero-order valence-electron chi connectivity index (χ0n) is 11.2. The summed E-state index contributed by atoms with van der Waals surface area (Å²) in [5, 5.41) is 0. The maximum Gasteiger partial charge on any atom is 0.0249 e. The Morgan fingerprint density at radius 2 is 1.94 bits per heavy atom. The van der Waals surface area contributed by atoms with Crippen LogP contribution in [0.4, 0.5) is 0 Å². The molecule has 2 heteroatoms. The summed E-state index contributed by atoms with van der Waals surface area (Å²) < 4.78 is 0. The molecule has 0 radical (unpaired) electrons. The molecule has 0 aliphatic heterocycles. The van der Waals surface area contributed by atoms with Crippen molar-refractivity contribution >= 4 is 0 Å². The van der Waals surface area contributed by atoms with Crippen LogP contribution in [0.5, 0.6) is 0 Å². The number of hydrogen-bond donors (Lipinski definition) is 1. The van der Waals surface area contributed by atoms with Crippen LogP contribution in [-0.4, -0.2) is 30.6 Å². The normalized spacial score (nSPS) is 35.1. The fraction of sp³-hybridized carbons (Fsp3) is 1.00. The summed E-state index contributed by atoms with van der Waals surface area (Å²) in [4.78, 5) is 2.55. The lowest BCUT2D eigenvalue weighted by atomic mass is 9.72. The molecular formula is C14H28N2. The van der Waals surface area contributed by atoms with Gasteiger partial charge >= 0.3 is 0 Å². The number of hydrogen-bond acceptors (Lipinski definition) is 2. The predicted octanol–water partition coefficient (Wildman–Crippen LogP) is 2.62. The van der Waals surface area contributed by atoms with Crippen LogP contribution in [0.2, 0.25) is 0 Å². The first-order chi connectivity index (χ1) is 7.48. The van der Waals surface area contributed by atoms with Crippen molar-refractivity contribution in [2.45, 2.75) is 64.5 Å². The van der Waals surface area contributed by atoms with Crippen LogP contribution >= 0.6 is 0 Å². The van der Waals surface area contributed by atoms with Gasteiger partial charge in [-0.15, -0.1) is 0 Å². The van der Waals surface area contributed by atoms with Crippen molar-refractivity contribution in [3.63, 3.8) is 0 Å². The predicted molar refractivity (Wildman–Crippen MR) is 69.4 cm³/mol. The van der Waals surface area contributed by atoms with Crippen LogP contribution in [0.25, 0.3) is 0 Å². The summed E-state index contributed by atoms with van der Waals surface area (Å²) in [7, 11) is 2.28. The second-order valence-corrected chi connectivity index (χ2v) is 6.87. The van der Waals surface area contributed by atoms with Crippen molar-refractivity contribution in [2.24, 2.45) is 17.1 Å². The van der Waals surface area contributed by atoms with Gasteiger partial charge in [-0.3, -0.25) is 0 Å². The highest BCUT2D eigenvalue weighted by Crippen LogP contribution is 2.37. The summed E-state index contributed by atoms with van der Waals surface area (Å²) in [6.07, 6.45) is 8.10. The minimum atomic E-state index is 0.401. The number of rotatable bonds is 3. The summed E-state index contributed by atoms with van der Waals surface area (Å²) in [6.45, 7) is 6.06. The maximum atomic E-state index is 6.29. The van der Waals surface area contributed by atoms with Gasteiger partial charge in [0.05, 0.1) is 0 Å². The average Bonchev–Trinajstić information content (AvgIpc) is 2.15. The van der Waals surface area contributed by atoms with E-state index < -0.39 is 0 Å². The van der Waals surface area contributed by atoms with E-state index in [0.717, 1.165) is 5.92 Å². The zero-order valence-corrected chi connectivity index (χ0v) is 11.2. The minimum Gasteiger partial charge on any atom is -0.326 e. The Morgan fingerprint density at radius 1 is 1.25 bits per heavy atom. The highest BCUT2D eigenvalue weighted by atomic mass is 15.2. The van der Waals surface area contributed by atoms with E-state index in [0.29, 0.717) is 17.5 Å². The molecule has 0 amide bonds. The van der Waals surface area contributed by atoms with E-state index in [2.05, 4.69) is 25.8 Å². The first-order valence-electron chi connectivity index (χ1n) is 6.94. The van der Waals surface area contributed by atoms with Gasteiger partial charge in [0, 0.05) is 18.6 Å². The Hall–Kier alpha value is -0.0800. The SMILES string of the molecule is CN(CC1CCC1)C1CC(C)(C)CCC1N. The topological polar surface area (TPSA) is 29.3 Å².